The van der Waals surface area contributed by atoms with Crippen molar-refractivity contribution in [3.63, 3.8) is 0 Å². The lowest BCUT2D eigenvalue weighted by molar-refractivity contribution is 0.112. The first-order valence-electron chi connectivity index (χ1n) is 7.85. The third-order valence-electron chi connectivity index (χ3n) is 3.94. The molecule has 120 valence electrons. The monoisotopic (exact) mass is 374 g/mol. The van der Waals surface area contributed by atoms with Crippen LogP contribution in [0.3, 0.4) is 0 Å². The lowest BCUT2D eigenvalue weighted by atomic mass is 9.99. The molecule has 0 aromatic heterocycles. The summed E-state index contributed by atoms with van der Waals surface area (Å²) in [6.07, 6.45) is 2.29. The number of hydrogen-bond acceptors (Lipinski definition) is 2. The fraction of sp³-hybridized carbons (Fsp3) is 0.647. The zero-order valence-corrected chi connectivity index (χ0v) is 15.9. The van der Waals surface area contributed by atoms with Gasteiger partial charge in [-0.05, 0) is 52.4 Å². The molecule has 0 spiro atoms. The Kier molecular flexibility index (Phi) is 8.25. The number of benzene rings is 1. The van der Waals surface area contributed by atoms with E-state index in [0.29, 0.717) is 18.5 Å². The minimum absolute atomic E-state index is 0.225. The Labute approximate surface area is 143 Å². The van der Waals surface area contributed by atoms with Gasteiger partial charge in [0.25, 0.3) is 0 Å². The fourth-order valence-corrected chi connectivity index (χ4v) is 3.33. The van der Waals surface area contributed by atoms with Gasteiger partial charge in [0.15, 0.2) is 0 Å². The van der Waals surface area contributed by atoms with Gasteiger partial charge in [0.05, 0.1) is 5.02 Å². The third-order valence-corrected chi connectivity index (χ3v) is 5.17. The Morgan fingerprint density at radius 2 is 1.86 bits per heavy atom. The van der Waals surface area contributed by atoms with Gasteiger partial charge in [-0.2, -0.15) is 0 Å². The molecule has 2 nitrogen and oxygen atoms in total. The summed E-state index contributed by atoms with van der Waals surface area (Å²) in [5.41, 5.74) is 7.33. The maximum absolute atomic E-state index is 6.27. The highest BCUT2D eigenvalue weighted by atomic mass is 79.9. The van der Waals surface area contributed by atoms with Crippen molar-refractivity contribution >= 4 is 27.5 Å². The van der Waals surface area contributed by atoms with Crippen molar-refractivity contribution in [3.8, 4) is 0 Å². The molecule has 4 heteroatoms. The highest BCUT2D eigenvalue weighted by molar-refractivity contribution is 9.10. The molecule has 1 aromatic rings. The van der Waals surface area contributed by atoms with E-state index in [-0.39, 0.29) is 6.04 Å². The van der Waals surface area contributed by atoms with E-state index in [1.165, 1.54) is 5.56 Å². The van der Waals surface area contributed by atoms with E-state index < -0.39 is 0 Å². The first-order chi connectivity index (χ1) is 9.94. The van der Waals surface area contributed by atoms with Crippen molar-refractivity contribution in [2.45, 2.75) is 52.6 Å². The van der Waals surface area contributed by atoms with E-state index in [1.807, 2.05) is 12.1 Å². The summed E-state index contributed by atoms with van der Waals surface area (Å²) in [6.45, 7) is 10.7. The van der Waals surface area contributed by atoms with Gasteiger partial charge in [-0.3, -0.25) is 4.90 Å². The molecular weight excluding hydrogens is 348 g/mol. The molecule has 0 bridgehead atoms. The molecule has 0 saturated carbocycles. The predicted octanol–water partition coefficient (Wildman–Crippen LogP) is 5.25. The maximum Gasteiger partial charge on any atom is 0.0551 e. The molecule has 2 N–H and O–H groups in total. The van der Waals surface area contributed by atoms with E-state index in [0.717, 1.165) is 28.9 Å². The largest absolute Gasteiger partial charge is 0.329 e. The van der Waals surface area contributed by atoms with Gasteiger partial charge in [0.1, 0.15) is 0 Å². The number of nitrogens with zero attached hydrogens (tertiary/aromatic N) is 1. The first-order valence-corrected chi connectivity index (χ1v) is 9.02. The minimum Gasteiger partial charge on any atom is -0.329 e. The number of halogens is 2. The molecule has 1 unspecified atom stereocenters. The molecule has 0 heterocycles. The first kappa shape index (κ1) is 19.0. The van der Waals surface area contributed by atoms with Crippen molar-refractivity contribution in [1.29, 1.82) is 0 Å². The van der Waals surface area contributed by atoms with E-state index in [1.54, 1.807) is 0 Å². The fourth-order valence-electron chi connectivity index (χ4n) is 2.89. The summed E-state index contributed by atoms with van der Waals surface area (Å²) in [6, 6.07) is 6.97. The molecule has 0 aliphatic rings. The minimum atomic E-state index is 0.225. The number of rotatable bonds is 8. The normalized spacial score (nSPS) is 13.4. The van der Waals surface area contributed by atoms with Crippen LogP contribution in [-0.2, 0) is 0 Å². The van der Waals surface area contributed by atoms with Gasteiger partial charge >= 0.3 is 0 Å². The van der Waals surface area contributed by atoms with Crippen LogP contribution in [-0.4, -0.2) is 24.0 Å². The van der Waals surface area contributed by atoms with Gasteiger partial charge in [-0.15, -0.1) is 0 Å². The highest BCUT2D eigenvalue weighted by Crippen LogP contribution is 2.30. The molecule has 0 saturated heterocycles. The Morgan fingerprint density at radius 3 is 2.29 bits per heavy atom. The summed E-state index contributed by atoms with van der Waals surface area (Å²) in [7, 11) is 0. The van der Waals surface area contributed by atoms with Gasteiger partial charge in [0, 0.05) is 29.6 Å². The van der Waals surface area contributed by atoms with Gasteiger partial charge in [-0.1, -0.05) is 45.4 Å². The predicted molar refractivity (Wildman–Crippen MR) is 96.9 cm³/mol. The number of nitrogens with two attached hydrogens (primary N) is 1. The third kappa shape index (κ3) is 5.24. The molecule has 1 aromatic carbocycles. The summed E-state index contributed by atoms with van der Waals surface area (Å²) in [4.78, 5) is 2.56. The second-order valence-electron chi connectivity index (χ2n) is 5.99. The van der Waals surface area contributed by atoms with Crippen molar-refractivity contribution in [1.82, 2.24) is 4.90 Å². The van der Waals surface area contributed by atoms with Crippen molar-refractivity contribution in [3.05, 3.63) is 33.3 Å². The van der Waals surface area contributed by atoms with Crippen molar-refractivity contribution < 1.29 is 0 Å². The SMILES string of the molecule is CCC(CC)N(CC(C)C)C(CN)c1ccc(Br)c(Cl)c1. The summed E-state index contributed by atoms with van der Waals surface area (Å²) >= 11 is 9.72. The lowest BCUT2D eigenvalue weighted by Gasteiger charge is -2.38. The molecule has 1 atom stereocenters. The van der Waals surface area contributed by atoms with Crippen LogP contribution in [0.5, 0.6) is 0 Å². The van der Waals surface area contributed by atoms with E-state index in [2.05, 4.69) is 54.6 Å². The van der Waals surface area contributed by atoms with Crippen LogP contribution in [0.4, 0.5) is 0 Å². The average Bonchev–Trinajstić information content (AvgIpc) is 2.44. The van der Waals surface area contributed by atoms with E-state index in [4.69, 9.17) is 17.3 Å². The maximum atomic E-state index is 6.27. The second-order valence-corrected chi connectivity index (χ2v) is 7.25. The van der Waals surface area contributed by atoms with Gasteiger partial charge in [0.2, 0.25) is 0 Å². The Balaban J connectivity index is 3.12. The van der Waals surface area contributed by atoms with Crippen LogP contribution < -0.4 is 5.73 Å². The zero-order valence-electron chi connectivity index (χ0n) is 13.6. The second kappa shape index (κ2) is 9.14. The molecule has 0 fully saturated rings. The summed E-state index contributed by atoms with van der Waals surface area (Å²) < 4.78 is 0.932. The molecular formula is C17H28BrClN2. The van der Waals surface area contributed by atoms with E-state index >= 15 is 0 Å². The van der Waals surface area contributed by atoms with Gasteiger partial charge < -0.3 is 5.73 Å². The molecule has 21 heavy (non-hydrogen) atoms. The molecule has 0 aliphatic carbocycles. The van der Waals surface area contributed by atoms with Crippen LogP contribution in [0.1, 0.15) is 52.1 Å². The van der Waals surface area contributed by atoms with Crippen LogP contribution in [0.15, 0.2) is 22.7 Å². The van der Waals surface area contributed by atoms with Gasteiger partial charge in [-0.25, -0.2) is 0 Å². The lowest BCUT2D eigenvalue weighted by Crippen LogP contribution is -2.43. The van der Waals surface area contributed by atoms with E-state index in [9.17, 15) is 0 Å². The van der Waals surface area contributed by atoms with Crippen molar-refractivity contribution in [2.24, 2.45) is 11.7 Å². The molecule has 0 amide bonds. The Hall–Kier alpha value is -0.0900. The van der Waals surface area contributed by atoms with Crippen LogP contribution in [0.25, 0.3) is 0 Å². The van der Waals surface area contributed by atoms with Crippen LogP contribution >= 0.6 is 27.5 Å². The number of hydrogen-bond donors (Lipinski definition) is 1. The van der Waals surface area contributed by atoms with Crippen LogP contribution in [0, 0.1) is 5.92 Å². The topological polar surface area (TPSA) is 29.3 Å². The molecule has 0 aliphatic heterocycles. The van der Waals surface area contributed by atoms with Crippen molar-refractivity contribution in [2.75, 3.05) is 13.1 Å². The highest BCUT2D eigenvalue weighted by Gasteiger charge is 2.25. The standard InChI is InChI=1S/C17H28BrClN2/c1-5-14(6-2)21(11-12(3)4)17(10-20)13-7-8-15(18)16(19)9-13/h7-9,12,14,17H,5-6,10-11,20H2,1-4H3. The average molecular weight is 376 g/mol. The smallest absolute Gasteiger partial charge is 0.0551 e. The summed E-state index contributed by atoms with van der Waals surface area (Å²) in [5.74, 6) is 0.616. The summed E-state index contributed by atoms with van der Waals surface area (Å²) in [5, 5.41) is 0.750. The quantitative estimate of drug-likeness (QED) is 0.672. The van der Waals surface area contributed by atoms with Crippen LogP contribution in [0.2, 0.25) is 5.02 Å². The molecule has 1 rings (SSSR count). The zero-order chi connectivity index (χ0) is 16.0. The molecule has 0 radical (unpaired) electrons. The Bertz CT molecular complexity index is 433. The Morgan fingerprint density at radius 1 is 1.24 bits per heavy atom.